The van der Waals surface area contributed by atoms with Crippen molar-refractivity contribution >= 4 is 17.7 Å². The Hall–Kier alpha value is -1.16. The van der Waals surface area contributed by atoms with Crippen molar-refractivity contribution in [1.82, 2.24) is 5.32 Å². The SMILES string of the molecule is COc1ccc([C@]2(C)NC(=O)[C@H](C)S2)cc1. The van der Waals surface area contributed by atoms with E-state index < -0.39 is 0 Å². The highest BCUT2D eigenvalue weighted by molar-refractivity contribution is 8.01. The number of benzene rings is 1. The van der Waals surface area contributed by atoms with Gasteiger partial charge in [-0.25, -0.2) is 0 Å². The highest BCUT2D eigenvalue weighted by Crippen LogP contribution is 2.41. The third-order valence-electron chi connectivity index (χ3n) is 2.78. The van der Waals surface area contributed by atoms with Gasteiger partial charge in [0, 0.05) is 0 Å². The Morgan fingerprint density at radius 3 is 2.44 bits per heavy atom. The first-order valence-electron chi connectivity index (χ1n) is 5.19. The maximum absolute atomic E-state index is 11.5. The minimum Gasteiger partial charge on any atom is -0.497 e. The van der Waals surface area contributed by atoms with E-state index >= 15 is 0 Å². The molecule has 0 spiro atoms. The van der Waals surface area contributed by atoms with Crippen LogP contribution in [0.15, 0.2) is 24.3 Å². The largest absolute Gasteiger partial charge is 0.497 e. The fourth-order valence-electron chi connectivity index (χ4n) is 1.82. The molecule has 2 rings (SSSR count). The van der Waals surface area contributed by atoms with Gasteiger partial charge in [0.15, 0.2) is 0 Å². The fourth-order valence-corrected chi connectivity index (χ4v) is 3.13. The van der Waals surface area contributed by atoms with E-state index in [4.69, 9.17) is 4.74 Å². The molecule has 3 nitrogen and oxygen atoms in total. The molecule has 0 aromatic heterocycles. The van der Waals surface area contributed by atoms with Crippen molar-refractivity contribution in [1.29, 1.82) is 0 Å². The quantitative estimate of drug-likeness (QED) is 0.856. The van der Waals surface area contributed by atoms with Crippen molar-refractivity contribution in [3.8, 4) is 5.75 Å². The van der Waals surface area contributed by atoms with Crippen molar-refractivity contribution in [2.45, 2.75) is 24.0 Å². The zero-order chi connectivity index (χ0) is 11.8. The molecule has 0 saturated carbocycles. The van der Waals surface area contributed by atoms with E-state index in [-0.39, 0.29) is 16.0 Å². The van der Waals surface area contributed by atoms with Gasteiger partial charge >= 0.3 is 0 Å². The number of amides is 1. The summed E-state index contributed by atoms with van der Waals surface area (Å²) >= 11 is 1.64. The highest BCUT2D eigenvalue weighted by atomic mass is 32.2. The molecule has 2 atom stereocenters. The zero-order valence-corrected chi connectivity index (χ0v) is 10.4. The molecular weight excluding hydrogens is 222 g/mol. The predicted octanol–water partition coefficient (Wildman–Crippen LogP) is 2.12. The molecule has 1 saturated heterocycles. The summed E-state index contributed by atoms with van der Waals surface area (Å²) in [6, 6.07) is 7.81. The van der Waals surface area contributed by atoms with Crippen molar-refractivity contribution < 1.29 is 9.53 Å². The average Bonchev–Trinajstić information content (AvgIpc) is 2.54. The Bertz CT molecular complexity index is 404. The average molecular weight is 237 g/mol. The molecule has 1 heterocycles. The van der Waals surface area contributed by atoms with Gasteiger partial charge in [-0.05, 0) is 31.5 Å². The van der Waals surface area contributed by atoms with E-state index in [0.29, 0.717) is 0 Å². The number of thioether (sulfide) groups is 1. The Labute approximate surface area is 99.6 Å². The van der Waals surface area contributed by atoms with Crippen LogP contribution in [0.25, 0.3) is 0 Å². The summed E-state index contributed by atoms with van der Waals surface area (Å²) in [5.74, 6) is 0.929. The molecule has 0 aliphatic carbocycles. The third-order valence-corrected chi connectivity index (χ3v) is 4.16. The van der Waals surface area contributed by atoms with Gasteiger partial charge in [-0.3, -0.25) is 4.79 Å². The molecule has 1 fully saturated rings. The molecule has 1 amide bonds. The summed E-state index contributed by atoms with van der Waals surface area (Å²) in [4.78, 5) is 11.2. The van der Waals surface area contributed by atoms with Crippen LogP contribution in [0.5, 0.6) is 5.75 Å². The minimum absolute atomic E-state index is 0.00658. The van der Waals surface area contributed by atoms with Gasteiger partial charge in [0.2, 0.25) is 5.91 Å². The molecule has 16 heavy (non-hydrogen) atoms. The number of carbonyl (C=O) groups excluding carboxylic acids is 1. The summed E-state index contributed by atoms with van der Waals surface area (Å²) in [5, 5.41) is 3.02. The van der Waals surface area contributed by atoms with Crippen LogP contribution in [0.4, 0.5) is 0 Å². The second kappa shape index (κ2) is 4.01. The van der Waals surface area contributed by atoms with E-state index in [0.717, 1.165) is 11.3 Å². The summed E-state index contributed by atoms with van der Waals surface area (Å²) in [5.41, 5.74) is 1.09. The lowest BCUT2D eigenvalue weighted by Crippen LogP contribution is -2.34. The first-order chi connectivity index (χ1) is 7.55. The van der Waals surface area contributed by atoms with Crippen LogP contribution in [-0.2, 0) is 9.67 Å². The molecule has 1 aliphatic heterocycles. The molecular formula is C12H15NO2S. The standard InChI is InChI=1S/C12H15NO2S/c1-8-11(14)13-12(2,16-8)9-4-6-10(15-3)7-5-9/h4-8H,1-3H3,(H,13,14)/t8-,12+/m0/s1. The van der Waals surface area contributed by atoms with Gasteiger partial charge in [0.25, 0.3) is 0 Å². The van der Waals surface area contributed by atoms with Crippen LogP contribution in [0.2, 0.25) is 0 Å². The van der Waals surface area contributed by atoms with Crippen LogP contribution in [-0.4, -0.2) is 18.3 Å². The van der Waals surface area contributed by atoms with Gasteiger partial charge in [-0.1, -0.05) is 12.1 Å². The van der Waals surface area contributed by atoms with Crippen molar-refractivity contribution in [2.75, 3.05) is 7.11 Å². The lowest BCUT2D eigenvalue weighted by Gasteiger charge is -2.23. The van der Waals surface area contributed by atoms with Crippen molar-refractivity contribution in [3.63, 3.8) is 0 Å². The van der Waals surface area contributed by atoms with Crippen LogP contribution in [0.3, 0.4) is 0 Å². The van der Waals surface area contributed by atoms with Crippen LogP contribution in [0.1, 0.15) is 19.4 Å². The van der Waals surface area contributed by atoms with Crippen LogP contribution < -0.4 is 10.1 Å². The molecule has 1 N–H and O–H groups in total. The zero-order valence-electron chi connectivity index (χ0n) is 9.61. The molecule has 1 aromatic carbocycles. The Kier molecular flexibility index (Phi) is 2.84. The van der Waals surface area contributed by atoms with Gasteiger partial charge in [-0.2, -0.15) is 0 Å². The molecule has 0 unspecified atom stereocenters. The van der Waals surface area contributed by atoms with Crippen LogP contribution in [0, 0.1) is 0 Å². The smallest absolute Gasteiger partial charge is 0.234 e. The molecule has 4 heteroatoms. The Morgan fingerprint density at radius 1 is 1.38 bits per heavy atom. The van der Waals surface area contributed by atoms with Gasteiger partial charge in [-0.15, -0.1) is 11.8 Å². The molecule has 1 aromatic rings. The first-order valence-corrected chi connectivity index (χ1v) is 6.07. The Morgan fingerprint density at radius 2 is 2.00 bits per heavy atom. The maximum Gasteiger partial charge on any atom is 0.234 e. The number of ether oxygens (including phenoxy) is 1. The molecule has 0 radical (unpaired) electrons. The molecule has 0 bridgehead atoms. The van der Waals surface area contributed by atoms with E-state index in [9.17, 15) is 4.79 Å². The number of nitrogens with one attached hydrogen (secondary N) is 1. The summed E-state index contributed by atoms with van der Waals surface area (Å²) < 4.78 is 5.11. The van der Waals surface area contributed by atoms with E-state index in [1.165, 1.54) is 0 Å². The number of hydrogen-bond donors (Lipinski definition) is 1. The lowest BCUT2D eigenvalue weighted by atomic mass is 10.1. The Balaban J connectivity index is 2.26. The van der Waals surface area contributed by atoms with E-state index in [1.807, 2.05) is 38.1 Å². The van der Waals surface area contributed by atoms with Gasteiger partial charge < -0.3 is 10.1 Å². The monoisotopic (exact) mass is 237 g/mol. The second-order valence-corrected chi connectivity index (χ2v) is 5.77. The number of rotatable bonds is 2. The summed E-state index contributed by atoms with van der Waals surface area (Å²) in [6.45, 7) is 3.95. The predicted molar refractivity (Wildman–Crippen MR) is 65.5 cm³/mol. The highest BCUT2D eigenvalue weighted by Gasteiger charge is 2.40. The number of carbonyl (C=O) groups is 1. The first kappa shape index (κ1) is 11.3. The summed E-state index contributed by atoms with van der Waals surface area (Å²) in [6.07, 6.45) is 0. The number of hydrogen-bond acceptors (Lipinski definition) is 3. The topological polar surface area (TPSA) is 38.3 Å². The molecule has 86 valence electrons. The molecule has 1 aliphatic rings. The van der Waals surface area contributed by atoms with Gasteiger partial charge in [0.05, 0.1) is 12.4 Å². The second-order valence-electron chi connectivity index (χ2n) is 4.01. The summed E-state index contributed by atoms with van der Waals surface area (Å²) in [7, 11) is 1.64. The lowest BCUT2D eigenvalue weighted by molar-refractivity contribution is -0.120. The minimum atomic E-state index is -0.317. The van der Waals surface area contributed by atoms with E-state index in [2.05, 4.69) is 5.32 Å². The van der Waals surface area contributed by atoms with Gasteiger partial charge in [0.1, 0.15) is 10.6 Å². The van der Waals surface area contributed by atoms with Crippen LogP contribution >= 0.6 is 11.8 Å². The number of methoxy groups -OCH3 is 1. The van der Waals surface area contributed by atoms with Crippen molar-refractivity contribution in [2.24, 2.45) is 0 Å². The van der Waals surface area contributed by atoms with Crippen molar-refractivity contribution in [3.05, 3.63) is 29.8 Å². The fraction of sp³-hybridized carbons (Fsp3) is 0.417. The maximum atomic E-state index is 11.5. The normalized spacial score (nSPS) is 28.9. The van der Waals surface area contributed by atoms with E-state index in [1.54, 1.807) is 18.9 Å². The third kappa shape index (κ3) is 1.89.